The Hall–Kier alpha value is -2.14. The number of H-pyrrole nitrogens is 1. The lowest BCUT2D eigenvalue weighted by Crippen LogP contribution is -2.45. The molecular weight excluding hydrogens is 300 g/mol. The van der Waals surface area contributed by atoms with Crippen LogP contribution in [0.2, 0.25) is 0 Å². The molecule has 1 aromatic heterocycles. The van der Waals surface area contributed by atoms with E-state index in [4.69, 9.17) is 5.73 Å². The first kappa shape index (κ1) is 18.2. The molecule has 0 saturated carbocycles. The van der Waals surface area contributed by atoms with Gasteiger partial charge in [-0.15, -0.1) is 0 Å². The van der Waals surface area contributed by atoms with Gasteiger partial charge in [-0.3, -0.25) is 9.89 Å². The molecule has 0 aliphatic rings. The van der Waals surface area contributed by atoms with Crippen LogP contribution in [-0.4, -0.2) is 28.7 Å². The molecule has 0 aliphatic heterocycles. The van der Waals surface area contributed by atoms with Gasteiger partial charge < -0.3 is 11.1 Å². The summed E-state index contributed by atoms with van der Waals surface area (Å²) in [6.45, 7) is 6.97. The number of nitrogens with one attached hydrogen (secondary N) is 2. The third kappa shape index (κ3) is 4.93. The molecule has 5 nitrogen and oxygen atoms in total. The summed E-state index contributed by atoms with van der Waals surface area (Å²) in [6.07, 6.45) is 5.97. The molecule has 1 amide bonds. The van der Waals surface area contributed by atoms with Crippen molar-refractivity contribution in [3.63, 3.8) is 0 Å². The number of benzene rings is 1. The highest BCUT2D eigenvalue weighted by Gasteiger charge is 2.23. The highest BCUT2D eigenvalue weighted by Crippen LogP contribution is 2.22. The maximum atomic E-state index is 12.2. The molecule has 24 heavy (non-hydrogen) atoms. The van der Waals surface area contributed by atoms with E-state index in [0.717, 1.165) is 18.4 Å². The molecule has 0 saturated heterocycles. The quantitative estimate of drug-likeness (QED) is 0.695. The van der Waals surface area contributed by atoms with Crippen molar-refractivity contribution in [3.05, 3.63) is 53.3 Å². The van der Waals surface area contributed by atoms with Crippen LogP contribution >= 0.6 is 0 Å². The van der Waals surface area contributed by atoms with Crippen LogP contribution in [0.25, 0.3) is 0 Å². The lowest BCUT2D eigenvalue weighted by molar-refractivity contribution is -0.122. The van der Waals surface area contributed by atoms with E-state index in [0.29, 0.717) is 13.0 Å². The van der Waals surface area contributed by atoms with Crippen molar-refractivity contribution >= 4 is 5.91 Å². The van der Waals surface area contributed by atoms with Crippen molar-refractivity contribution in [2.45, 2.75) is 51.5 Å². The summed E-state index contributed by atoms with van der Waals surface area (Å²) in [5, 5.41) is 9.65. The first-order valence-electron chi connectivity index (χ1n) is 8.52. The molecule has 0 spiro atoms. The second-order valence-electron chi connectivity index (χ2n) is 6.90. The van der Waals surface area contributed by atoms with Crippen molar-refractivity contribution in [1.82, 2.24) is 15.5 Å². The Morgan fingerprint density at radius 2 is 2.00 bits per heavy atom. The van der Waals surface area contributed by atoms with Gasteiger partial charge in [0, 0.05) is 18.2 Å². The van der Waals surface area contributed by atoms with E-state index >= 15 is 0 Å². The summed E-state index contributed by atoms with van der Waals surface area (Å²) in [7, 11) is 0. The molecule has 1 heterocycles. The third-order valence-corrected chi connectivity index (χ3v) is 4.48. The minimum Gasteiger partial charge on any atom is -0.354 e. The zero-order valence-electron chi connectivity index (χ0n) is 14.8. The fraction of sp³-hybridized carbons (Fsp3) is 0.474. The van der Waals surface area contributed by atoms with Gasteiger partial charge in [0.05, 0.1) is 12.2 Å². The average Bonchev–Trinajstić information content (AvgIpc) is 3.11. The molecule has 1 aromatic carbocycles. The first-order chi connectivity index (χ1) is 11.4. The van der Waals surface area contributed by atoms with E-state index in [1.165, 1.54) is 11.1 Å². The second-order valence-corrected chi connectivity index (χ2v) is 6.90. The Kier molecular flexibility index (Phi) is 6.15. The zero-order valence-corrected chi connectivity index (χ0v) is 14.8. The number of nitrogens with two attached hydrogens (primary N) is 1. The van der Waals surface area contributed by atoms with Crippen molar-refractivity contribution in [2.24, 2.45) is 5.73 Å². The Morgan fingerprint density at radius 1 is 1.29 bits per heavy atom. The first-order valence-corrected chi connectivity index (χ1v) is 8.52. The largest absolute Gasteiger partial charge is 0.354 e. The molecule has 0 radical (unpaired) electrons. The van der Waals surface area contributed by atoms with Gasteiger partial charge >= 0.3 is 0 Å². The van der Waals surface area contributed by atoms with E-state index in [1.807, 2.05) is 6.20 Å². The number of carbonyl (C=O) groups excluding carboxylic acids is 1. The molecule has 1 unspecified atom stereocenters. The lowest BCUT2D eigenvalue weighted by Gasteiger charge is -2.26. The van der Waals surface area contributed by atoms with E-state index < -0.39 is 6.04 Å². The highest BCUT2D eigenvalue weighted by molar-refractivity contribution is 5.81. The second kappa shape index (κ2) is 8.11. The Morgan fingerprint density at radius 3 is 2.58 bits per heavy atom. The average molecular weight is 328 g/mol. The molecule has 130 valence electrons. The molecule has 2 rings (SSSR count). The van der Waals surface area contributed by atoms with Gasteiger partial charge in [0.25, 0.3) is 0 Å². The highest BCUT2D eigenvalue weighted by atomic mass is 16.2. The van der Waals surface area contributed by atoms with E-state index in [1.54, 1.807) is 6.20 Å². The number of hydrogen-bond donors (Lipinski definition) is 3. The van der Waals surface area contributed by atoms with Gasteiger partial charge in [-0.05, 0) is 36.0 Å². The number of carbonyl (C=O) groups is 1. The molecule has 1 atom stereocenters. The molecule has 4 N–H and O–H groups in total. The fourth-order valence-electron chi connectivity index (χ4n) is 2.60. The van der Waals surface area contributed by atoms with Crippen molar-refractivity contribution in [3.8, 4) is 0 Å². The summed E-state index contributed by atoms with van der Waals surface area (Å²) in [6, 6.07) is 8.08. The third-order valence-electron chi connectivity index (χ3n) is 4.48. The number of hydrogen-bond acceptors (Lipinski definition) is 3. The number of rotatable bonds is 8. The Balaban J connectivity index is 1.84. The van der Waals surface area contributed by atoms with E-state index in [-0.39, 0.29) is 11.3 Å². The van der Waals surface area contributed by atoms with Crippen molar-refractivity contribution < 1.29 is 4.79 Å². The zero-order chi connectivity index (χ0) is 17.6. The summed E-state index contributed by atoms with van der Waals surface area (Å²) in [5.74, 6) is -0.100. The normalized spacial score (nSPS) is 12.8. The minimum atomic E-state index is -0.502. The molecular formula is C19H28N4O. The van der Waals surface area contributed by atoms with Gasteiger partial charge in [0.2, 0.25) is 5.91 Å². The van der Waals surface area contributed by atoms with Crippen LogP contribution < -0.4 is 11.1 Å². The van der Waals surface area contributed by atoms with E-state index in [2.05, 4.69) is 60.6 Å². The summed E-state index contributed by atoms with van der Waals surface area (Å²) in [5.41, 5.74) is 9.46. The standard InChI is InChI=1S/C19H28N4O/c1-4-14-5-8-16(9-6-14)19(2,3)13-21-18(24)17(20)10-7-15-11-22-23-12-15/h5-6,8-9,11-12,17H,4,7,10,13,20H2,1-3H3,(H,21,24)(H,22,23). The SMILES string of the molecule is CCc1ccc(C(C)(C)CNC(=O)C(N)CCc2cn[nH]c2)cc1. The van der Waals surface area contributed by atoms with Crippen LogP contribution in [0.1, 0.15) is 43.9 Å². The molecule has 0 aliphatic carbocycles. The van der Waals surface area contributed by atoms with Crippen LogP contribution in [0.5, 0.6) is 0 Å². The van der Waals surface area contributed by atoms with Gasteiger partial charge in [-0.1, -0.05) is 45.0 Å². The number of aromatic amines is 1. The number of aryl methyl sites for hydroxylation is 2. The summed E-state index contributed by atoms with van der Waals surface area (Å²) in [4.78, 5) is 12.2. The molecule has 0 bridgehead atoms. The monoisotopic (exact) mass is 328 g/mol. The smallest absolute Gasteiger partial charge is 0.236 e. The molecule has 0 fully saturated rings. The number of aromatic nitrogens is 2. The maximum absolute atomic E-state index is 12.2. The Bertz CT molecular complexity index is 632. The summed E-state index contributed by atoms with van der Waals surface area (Å²) < 4.78 is 0. The van der Waals surface area contributed by atoms with Crippen LogP contribution in [0.15, 0.2) is 36.7 Å². The van der Waals surface area contributed by atoms with Gasteiger partial charge in [0.1, 0.15) is 0 Å². The Labute approximate surface area is 144 Å². The molecule has 2 aromatic rings. The van der Waals surface area contributed by atoms with Crippen LogP contribution in [-0.2, 0) is 23.1 Å². The summed E-state index contributed by atoms with van der Waals surface area (Å²) >= 11 is 0. The lowest BCUT2D eigenvalue weighted by atomic mass is 9.84. The van der Waals surface area contributed by atoms with Crippen molar-refractivity contribution in [1.29, 1.82) is 0 Å². The van der Waals surface area contributed by atoms with Crippen LogP contribution in [0.3, 0.4) is 0 Å². The van der Waals surface area contributed by atoms with Gasteiger partial charge in [-0.25, -0.2) is 0 Å². The maximum Gasteiger partial charge on any atom is 0.236 e. The molecule has 5 heteroatoms. The van der Waals surface area contributed by atoms with Gasteiger partial charge in [0.15, 0.2) is 0 Å². The number of nitrogens with zero attached hydrogens (tertiary/aromatic N) is 1. The van der Waals surface area contributed by atoms with Gasteiger partial charge in [-0.2, -0.15) is 5.10 Å². The predicted molar refractivity (Wildman–Crippen MR) is 96.7 cm³/mol. The topological polar surface area (TPSA) is 83.8 Å². The predicted octanol–water partition coefficient (Wildman–Crippen LogP) is 2.33. The van der Waals surface area contributed by atoms with E-state index in [9.17, 15) is 4.79 Å². The number of amides is 1. The minimum absolute atomic E-state index is 0.100. The van der Waals surface area contributed by atoms with Crippen LogP contribution in [0, 0.1) is 0 Å². The van der Waals surface area contributed by atoms with Crippen LogP contribution in [0.4, 0.5) is 0 Å². The fourth-order valence-corrected chi connectivity index (χ4v) is 2.60. The van der Waals surface area contributed by atoms with Crippen molar-refractivity contribution in [2.75, 3.05) is 6.54 Å².